The van der Waals surface area contributed by atoms with E-state index in [1.54, 1.807) is 16.9 Å². The fourth-order valence-electron chi connectivity index (χ4n) is 1.26. The molecule has 2 rings (SSSR count). The summed E-state index contributed by atoms with van der Waals surface area (Å²) >= 11 is 0. The minimum absolute atomic E-state index is 0.596. The molecule has 5 heteroatoms. The Morgan fingerprint density at radius 2 is 2.38 bits per heavy atom. The van der Waals surface area contributed by atoms with E-state index >= 15 is 0 Å². The van der Waals surface area contributed by atoms with Gasteiger partial charge in [0.05, 0.1) is 11.7 Å². The van der Waals surface area contributed by atoms with E-state index < -0.39 is 0 Å². The van der Waals surface area contributed by atoms with Crippen LogP contribution in [0.1, 0.15) is 0 Å². The molecule has 0 aliphatic carbocycles. The van der Waals surface area contributed by atoms with Gasteiger partial charge in [-0.25, -0.2) is 0 Å². The first-order valence-electron chi connectivity index (χ1n) is 3.85. The Labute approximate surface area is 76.1 Å². The third kappa shape index (κ3) is 1.38. The monoisotopic (exact) mass is 175 g/mol. The molecule has 0 fully saturated rings. The number of fused-ring (bicyclic) bond motifs is 1. The van der Waals surface area contributed by atoms with Crippen LogP contribution in [0.2, 0.25) is 0 Å². The molecule has 0 spiro atoms. The predicted molar refractivity (Wildman–Crippen MR) is 49.3 cm³/mol. The second-order valence-corrected chi connectivity index (χ2v) is 2.71. The van der Waals surface area contributed by atoms with E-state index in [-0.39, 0.29) is 0 Å². The van der Waals surface area contributed by atoms with E-state index in [4.69, 9.17) is 9.68 Å². The molecule has 1 radical (unpaired) electrons. The van der Waals surface area contributed by atoms with Crippen LogP contribution < -0.4 is 4.65 Å². The van der Waals surface area contributed by atoms with E-state index in [9.17, 15) is 0 Å². The number of hydrogen-bond donors (Lipinski definition) is 1. The van der Waals surface area contributed by atoms with Gasteiger partial charge in [-0.3, -0.25) is 4.68 Å². The second kappa shape index (κ2) is 3.10. The third-order valence-corrected chi connectivity index (χ3v) is 1.91. The number of hydrogen-bond acceptors (Lipinski definition) is 3. The topological polar surface area (TPSA) is 47.3 Å². The van der Waals surface area contributed by atoms with Crippen LogP contribution in [0, 0.1) is 0 Å². The Morgan fingerprint density at radius 3 is 3.15 bits per heavy atom. The fourth-order valence-corrected chi connectivity index (χ4v) is 1.26. The van der Waals surface area contributed by atoms with Gasteiger partial charge in [0.15, 0.2) is 0 Å². The van der Waals surface area contributed by atoms with Crippen LogP contribution in [-0.4, -0.2) is 22.5 Å². The van der Waals surface area contributed by atoms with Crippen molar-refractivity contribution in [3.05, 3.63) is 24.4 Å². The number of benzene rings is 1. The third-order valence-electron chi connectivity index (χ3n) is 1.91. The van der Waals surface area contributed by atoms with Crippen LogP contribution in [0.15, 0.2) is 24.4 Å². The van der Waals surface area contributed by atoms with Crippen LogP contribution in [-0.2, 0) is 7.05 Å². The summed E-state index contributed by atoms with van der Waals surface area (Å²) in [5.74, 6) is 0.596. The molecule has 1 aromatic heterocycles. The highest BCUT2D eigenvalue weighted by atomic mass is 16.5. The van der Waals surface area contributed by atoms with Gasteiger partial charge in [0.2, 0.25) is 0 Å². The molecule has 0 aliphatic heterocycles. The van der Waals surface area contributed by atoms with Crippen molar-refractivity contribution in [2.24, 2.45) is 7.05 Å². The number of rotatable bonds is 2. The van der Waals surface area contributed by atoms with Gasteiger partial charge in [-0.2, -0.15) is 5.10 Å². The van der Waals surface area contributed by atoms with Gasteiger partial charge in [-0.1, -0.05) is 0 Å². The van der Waals surface area contributed by atoms with Gasteiger partial charge >= 0.3 is 7.69 Å². The van der Waals surface area contributed by atoms with Crippen LogP contribution >= 0.6 is 0 Å². The molecule has 0 amide bonds. The van der Waals surface area contributed by atoms with Crippen LogP contribution in [0.5, 0.6) is 5.75 Å². The first-order chi connectivity index (χ1) is 6.31. The average molecular weight is 175 g/mol. The highest BCUT2D eigenvalue weighted by molar-refractivity contribution is 6.17. The first kappa shape index (κ1) is 8.13. The molecule has 0 unspecified atom stereocenters. The first-order valence-corrected chi connectivity index (χ1v) is 3.85. The standard InChI is InChI=1S/C8H8BN2O2/c1-11-8-4-7(13-9-12)3-2-6(8)5-10-11/h2-5,12H,1H3. The maximum atomic E-state index is 8.44. The van der Waals surface area contributed by atoms with Gasteiger partial charge in [-0.05, 0) is 12.1 Å². The molecule has 1 heterocycles. The van der Waals surface area contributed by atoms with Crippen LogP contribution in [0.4, 0.5) is 0 Å². The van der Waals surface area contributed by atoms with Crippen molar-refractivity contribution < 1.29 is 9.68 Å². The smallest absolute Gasteiger partial charge is 0.537 e. The predicted octanol–water partition coefficient (Wildman–Crippen LogP) is 0.479. The molecule has 0 saturated heterocycles. The minimum atomic E-state index is 0.596. The Morgan fingerprint density at radius 1 is 1.54 bits per heavy atom. The zero-order chi connectivity index (χ0) is 9.26. The van der Waals surface area contributed by atoms with E-state index in [1.165, 1.54) is 0 Å². The normalized spacial score (nSPS) is 10.3. The summed E-state index contributed by atoms with van der Waals surface area (Å²) in [5, 5.41) is 13.6. The van der Waals surface area contributed by atoms with Crippen molar-refractivity contribution >= 4 is 18.6 Å². The Kier molecular flexibility index (Phi) is 1.94. The van der Waals surface area contributed by atoms with Gasteiger partial charge < -0.3 is 9.68 Å². The molecule has 65 valence electrons. The Bertz CT molecular complexity index is 427. The summed E-state index contributed by atoms with van der Waals surface area (Å²) < 4.78 is 6.58. The molecular formula is C8H8BN2O2. The molecule has 1 aromatic carbocycles. The molecule has 13 heavy (non-hydrogen) atoms. The van der Waals surface area contributed by atoms with Gasteiger partial charge in [0.25, 0.3) is 0 Å². The molecule has 0 aliphatic rings. The lowest BCUT2D eigenvalue weighted by molar-refractivity contribution is 0.454. The Hall–Kier alpha value is -1.49. The number of aryl methyl sites for hydroxylation is 1. The van der Waals surface area contributed by atoms with E-state index in [2.05, 4.69) is 5.10 Å². The molecule has 0 atom stereocenters. The minimum Gasteiger partial charge on any atom is -0.537 e. The van der Waals surface area contributed by atoms with Gasteiger partial charge in [0.1, 0.15) is 5.75 Å². The van der Waals surface area contributed by atoms with Gasteiger partial charge in [0, 0.05) is 18.5 Å². The largest absolute Gasteiger partial charge is 0.569 e. The summed E-state index contributed by atoms with van der Waals surface area (Å²) in [5.41, 5.74) is 0.972. The maximum absolute atomic E-state index is 8.44. The lowest BCUT2D eigenvalue weighted by Gasteiger charge is -2.01. The van der Waals surface area contributed by atoms with E-state index in [0.29, 0.717) is 13.4 Å². The quantitative estimate of drug-likeness (QED) is 0.675. The fraction of sp³-hybridized carbons (Fsp3) is 0.125. The SMILES string of the molecule is Cn1ncc2ccc(O[B]O)cc21. The van der Waals surface area contributed by atoms with Crippen molar-refractivity contribution in [1.82, 2.24) is 9.78 Å². The van der Waals surface area contributed by atoms with Crippen molar-refractivity contribution in [2.75, 3.05) is 0 Å². The lowest BCUT2D eigenvalue weighted by atomic mass is 10.2. The van der Waals surface area contributed by atoms with Crippen molar-refractivity contribution in [3.63, 3.8) is 0 Å². The molecular weight excluding hydrogens is 167 g/mol. The molecule has 4 nitrogen and oxygen atoms in total. The summed E-state index contributed by atoms with van der Waals surface area (Å²) in [6.07, 6.45) is 1.78. The maximum Gasteiger partial charge on any atom is 0.569 e. The summed E-state index contributed by atoms with van der Waals surface area (Å²) in [4.78, 5) is 0. The van der Waals surface area contributed by atoms with Crippen molar-refractivity contribution in [3.8, 4) is 5.75 Å². The van der Waals surface area contributed by atoms with E-state index in [1.807, 2.05) is 19.2 Å². The van der Waals surface area contributed by atoms with Crippen molar-refractivity contribution in [2.45, 2.75) is 0 Å². The molecule has 0 bridgehead atoms. The van der Waals surface area contributed by atoms with Gasteiger partial charge in [-0.15, -0.1) is 0 Å². The van der Waals surface area contributed by atoms with Crippen molar-refractivity contribution in [1.29, 1.82) is 0 Å². The molecule has 1 N–H and O–H groups in total. The summed E-state index contributed by atoms with van der Waals surface area (Å²) in [6.45, 7) is 0. The number of nitrogens with zero attached hydrogens (tertiary/aromatic N) is 2. The Balaban J connectivity index is 2.53. The average Bonchev–Trinajstić information content (AvgIpc) is 2.49. The highest BCUT2D eigenvalue weighted by Gasteiger charge is 2.01. The second-order valence-electron chi connectivity index (χ2n) is 2.71. The lowest BCUT2D eigenvalue weighted by Crippen LogP contribution is -1.99. The summed E-state index contributed by atoms with van der Waals surface area (Å²) in [7, 11) is 2.52. The molecule has 2 aromatic rings. The summed E-state index contributed by atoms with van der Waals surface area (Å²) in [6, 6.07) is 5.48. The highest BCUT2D eigenvalue weighted by Crippen LogP contribution is 2.19. The molecule has 0 saturated carbocycles. The zero-order valence-corrected chi connectivity index (χ0v) is 7.14. The number of aromatic nitrogens is 2. The zero-order valence-electron chi connectivity index (χ0n) is 7.14. The van der Waals surface area contributed by atoms with E-state index in [0.717, 1.165) is 10.9 Å². The van der Waals surface area contributed by atoms with Crippen LogP contribution in [0.3, 0.4) is 0 Å². The van der Waals surface area contributed by atoms with Crippen LogP contribution in [0.25, 0.3) is 10.9 Å².